The number of rotatable bonds is 4. The van der Waals surface area contributed by atoms with Crippen molar-refractivity contribution in [3.63, 3.8) is 0 Å². The second-order valence-corrected chi connectivity index (χ2v) is 5.79. The molecule has 0 aliphatic rings. The molecule has 1 aromatic heterocycles. The standard InChI is InChI=1S/C16H17BrN2O2/c1-10(2)21-12-6-7-14(11(3)9-12)19-16(20)15-13(17)5-4-8-18-15/h4-10H,1-3H3,(H,19,20). The number of pyridine rings is 1. The molecule has 110 valence electrons. The quantitative estimate of drug-likeness (QED) is 0.900. The van der Waals surface area contributed by atoms with Crippen LogP contribution in [0.3, 0.4) is 0 Å². The van der Waals surface area contributed by atoms with Crippen LogP contribution in [0.15, 0.2) is 41.0 Å². The maximum Gasteiger partial charge on any atom is 0.275 e. The van der Waals surface area contributed by atoms with Gasteiger partial charge < -0.3 is 10.1 Å². The van der Waals surface area contributed by atoms with E-state index >= 15 is 0 Å². The summed E-state index contributed by atoms with van der Waals surface area (Å²) >= 11 is 3.32. The van der Waals surface area contributed by atoms with Gasteiger partial charge in [-0.3, -0.25) is 4.79 Å². The first kappa shape index (κ1) is 15.5. The predicted octanol–water partition coefficient (Wildman–Crippen LogP) is 4.19. The van der Waals surface area contributed by atoms with Crippen LogP contribution in [-0.2, 0) is 0 Å². The topological polar surface area (TPSA) is 51.2 Å². The molecule has 0 saturated carbocycles. The number of nitrogens with one attached hydrogen (secondary N) is 1. The Morgan fingerprint density at radius 3 is 2.71 bits per heavy atom. The number of halogens is 1. The summed E-state index contributed by atoms with van der Waals surface area (Å²) in [6.07, 6.45) is 1.71. The molecule has 4 nitrogen and oxygen atoms in total. The van der Waals surface area contributed by atoms with Crippen LogP contribution < -0.4 is 10.1 Å². The fourth-order valence-corrected chi connectivity index (χ4v) is 2.29. The van der Waals surface area contributed by atoms with Gasteiger partial charge >= 0.3 is 0 Å². The molecule has 5 heteroatoms. The molecule has 0 fully saturated rings. The van der Waals surface area contributed by atoms with E-state index in [0.717, 1.165) is 17.0 Å². The highest BCUT2D eigenvalue weighted by molar-refractivity contribution is 9.10. The van der Waals surface area contributed by atoms with Crippen LogP contribution in [0.1, 0.15) is 29.9 Å². The smallest absolute Gasteiger partial charge is 0.275 e. The van der Waals surface area contributed by atoms with Crippen molar-refractivity contribution in [3.8, 4) is 5.75 Å². The van der Waals surface area contributed by atoms with Gasteiger partial charge in [0.25, 0.3) is 5.91 Å². The molecule has 1 amide bonds. The fourth-order valence-electron chi connectivity index (χ4n) is 1.86. The Morgan fingerprint density at radius 2 is 2.10 bits per heavy atom. The molecule has 0 aliphatic carbocycles. The van der Waals surface area contributed by atoms with Crippen molar-refractivity contribution in [3.05, 3.63) is 52.3 Å². The molecule has 1 heterocycles. The molecule has 1 aromatic carbocycles. The molecule has 1 N–H and O–H groups in total. The average Bonchev–Trinajstić information content (AvgIpc) is 2.41. The Bertz CT molecular complexity index is 656. The minimum atomic E-state index is -0.247. The van der Waals surface area contributed by atoms with Crippen LogP contribution in [-0.4, -0.2) is 17.0 Å². The monoisotopic (exact) mass is 348 g/mol. The number of carbonyl (C=O) groups excluding carboxylic acids is 1. The zero-order valence-electron chi connectivity index (χ0n) is 12.2. The zero-order valence-corrected chi connectivity index (χ0v) is 13.8. The van der Waals surface area contributed by atoms with Gasteiger partial charge in [0.1, 0.15) is 11.4 Å². The van der Waals surface area contributed by atoms with Gasteiger partial charge in [-0.25, -0.2) is 4.98 Å². The summed E-state index contributed by atoms with van der Waals surface area (Å²) in [6, 6.07) is 9.14. The number of hydrogen-bond acceptors (Lipinski definition) is 3. The maximum atomic E-state index is 12.2. The van der Waals surface area contributed by atoms with Crippen LogP contribution in [0.2, 0.25) is 0 Å². The summed E-state index contributed by atoms with van der Waals surface area (Å²) < 4.78 is 6.29. The van der Waals surface area contributed by atoms with Gasteiger partial charge in [0.15, 0.2) is 0 Å². The minimum Gasteiger partial charge on any atom is -0.491 e. The largest absolute Gasteiger partial charge is 0.491 e. The van der Waals surface area contributed by atoms with Gasteiger partial charge in [-0.1, -0.05) is 0 Å². The zero-order chi connectivity index (χ0) is 15.4. The van der Waals surface area contributed by atoms with E-state index in [0.29, 0.717) is 10.2 Å². The molecular formula is C16H17BrN2O2. The van der Waals surface area contributed by atoms with E-state index in [1.807, 2.05) is 39.0 Å². The Morgan fingerprint density at radius 1 is 1.33 bits per heavy atom. The average molecular weight is 349 g/mol. The number of nitrogens with zero attached hydrogens (tertiary/aromatic N) is 1. The van der Waals surface area contributed by atoms with Crippen molar-refractivity contribution in [2.45, 2.75) is 26.9 Å². The van der Waals surface area contributed by atoms with Crippen molar-refractivity contribution in [2.24, 2.45) is 0 Å². The molecule has 0 atom stereocenters. The third-order valence-corrected chi connectivity index (χ3v) is 3.43. The predicted molar refractivity (Wildman–Crippen MR) is 86.8 cm³/mol. The Labute approximate surface area is 132 Å². The second-order valence-electron chi connectivity index (χ2n) is 4.93. The Kier molecular flexibility index (Phi) is 4.96. The molecule has 0 saturated heterocycles. The van der Waals surface area contributed by atoms with Crippen LogP contribution in [0.25, 0.3) is 0 Å². The van der Waals surface area contributed by atoms with Gasteiger partial charge in [-0.15, -0.1) is 0 Å². The van der Waals surface area contributed by atoms with Crippen molar-refractivity contribution in [2.75, 3.05) is 5.32 Å². The SMILES string of the molecule is Cc1cc(OC(C)C)ccc1NC(=O)c1ncccc1Br. The lowest BCUT2D eigenvalue weighted by molar-refractivity contribution is 0.102. The number of ether oxygens (including phenoxy) is 1. The highest BCUT2D eigenvalue weighted by atomic mass is 79.9. The van der Waals surface area contributed by atoms with Crippen molar-refractivity contribution >= 4 is 27.5 Å². The molecule has 0 bridgehead atoms. The van der Waals surface area contributed by atoms with Crippen LogP contribution >= 0.6 is 15.9 Å². The molecule has 0 radical (unpaired) electrons. The molecule has 2 rings (SSSR count). The molecule has 0 unspecified atom stereocenters. The fraction of sp³-hybridized carbons (Fsp3) is 0.250. The van der Waals surface area contributed by atoms with E-state index in [4.69, 9.17) is 4.74 Å². The van der Waals surface area contributed by atoms with Gasteiger partial charge in [-0.2, -0.15) is 0 Å². The number of anilines is 1. The van der Waals surface area contributed by atoms with E-state index in [2.05, 4.69) is 26.2 Å². The summed E-state index contributed by atoms with van der Waals surface area (Å²) in [7, 11) is 0. The lowest BCUT2D eigenvalue weighted by atomic mass is 10.2. The number of aromatic nitrogens is 1. The van der Waals surface area contributed by atoms with E-state index < -0.39 is 0 Å². The number of benzene rings is 1. The summed E-state index contributed by atoms with van der Waals surface area (Å²) in [6.45, 7) is 5.88. The van der Waals surface area contributed by atoms with Gasteiger partial charge in [0, 0.05) is 16.4 Å². The van der Waals surface area contributed by atoms with E-state index in [9.17, 15) is 4.79 Å². The second kappa shape index (κ2) is 6.72. The molecule has 2 aromatic rings. The highest BCUT2D eigenvalue weighted by Gasteiger charge is 2.12. The van der Waals surface area contributed by atoms with Crippen molar-refractivity contribution in [1.82, 2.24) is 4.98 Å². The van der Waals surface area contributed by atoms with Crippen molar-refractivity contribution in [1.29, 1.82) is 0 Å². The Balaban J connectivity index is 2.17. The third kappa shape index (κ3) is 4.04. The van der Waals surface area contributed by atoms with E-state index in [-0.39, 0.29) is 12.0 Å². The molecule has 21 heavy (non-hydrogen) atoms. The van der Waals surface area contributed by atoms with Gasteiger partial charge in [0.2, 0.25) is 0 Å². The number of aryl methyl sites for hydroxylation is 1. The summed E-state index contributed by atoms with van der Waals surface area (Å²) in [5.74, 6) is 0.544. The minimum absolute atomic E-state index is 0.120. The Hall–Kier alpha value is -1.88. The normalized spacial score (nSPS) is 10.5. The highest BCUT2D eigenvalue weighted by Crippen LogP contribution is 2.23. The first-order valence-electron chi connectivity index (χ1n) is 6.66. The van der Waals surface area contributed by atoms with Crippen LogP contribution in [0, 0.1) is 6.92 Å². The first-order chi connectivity index (χ1) is 9.97. The number of amides is 1. The number of carbonyl (C=O) groups is 1. The molecule has 0 aliphatic heterocycles. The molecular weight excluding hydrogens is 332 g/mol. The third-order valence-electron chi connectivity index (χ3n) is 2.79. The summed E-state index contributed by atoms with van der Waals surface area (Å²) in [5, 5.41) is 2.86. The van der Waals surface area contributed by atoms with E-state index in [1.54, 1.807) is 18.3 Å². The molecule has 0 spiro atoms. The maximum absolute atomic E-state index is 12.2. The van der Waals surface area contributed by atoms with Gasteiger partial charge in [-0.05, 0) is 72.6 Å². The van der Waals surface area contributed by atoms with Crippen LogP contribution in [0.4, 0.5) is 5.69 Å². The summed E-state index contributed by atoms with van der Waals surface area (Å²) in [5.41, 5.74) is 2.04. The first-order valence-corrected chi connectivity index (χ1v) is 7.46. The van der Waals surface area contributed by atoms with Gasteiger partial charge in [0.05, 0.1) is 6.10 Å². The van der Waals surface area contributed by atoms with Crippen LogP contribution in [0.5, 0.6) is 5.75 Å². The lowest BCUT2D eigenvalue weighted by Crippen LogP contribution is -2.15. The number of hydrogen-bond donors (Lipinski definition) is 1. The lowest BCUT2D eigenvalue weighted by Gasteiger charge is -2.13. The van der Waals surface area contributed by atoms with E-state index in [1.165, 1.54) is 0 Å². The summed E-state index contributed by atoms with van der Waals surface area (Å²) in [4.78, 5) is 16.3. The van der Waals surface area contributed by atoms with Crippen molar-refractivity contribution < 1.29 is 9.53 Å².